The monoisotopic (exact) mass is 344 g/mol. The van der Waals surface area contributed by atoms with Gasteiger partial charge in [0.05, 0.1) is 30.7 Å². The number of carbonyl (C=O) groups is 2. The molecule has 132 valence electrons. The average Bonchev–Trinajstić information content (AvgIpc) is 3.15. The Bertz CT molecular complexity index is 874. The van der Waals surface area contributed by atoms with Gasteiger partial charge in [0, 0.05) is 12.1 Å². The summed E-state index contributed by atoms with van der Waals surface area (Å²) in [4.78, 5) is 44.2. The van der Waals surface area contributed by atoms with Gasteiger partial charge >= 0.3 is 5.69 Å². The van der Waals surface area contributed by atoms with E-state index in [0.29, 0.717) is 36.7 Å². The maximum absolute atomic E-state index is 12.3. The summed E-state index contributed by atoms with van der Waals surface area (Å²) < 4.78 is 1.73. The molecule has 1 aromatic carbocycles. The number of amides is 2. The molecule has 8 heteroatoms. The first-order chi connectivity index (χ1) is 12.1. The van der Waals surface area contributed by atoms with Gasteiger partial charge in [-0.05, 0) is 43.4 Å². The maximum atomic E-state index is 12.3. The van der Waals surface area contributed by atoms with E-state index in [9.17, 15) is 14.4 Å². The molecule has 1 saturated heterocycles. The normalized spacial score (nSPS) is 17.2. The van der Waals surface area contributed by atoms with Crippen LogP contribution in [0, 0.1) is 5.92 Å². The number of nitrogens with zero attached hydrogens (tertiary/aromatic N) is 2. The van der Waals surface area contributed by atoms with Gasteiger partial charge in [0.15, 0.2) is 0 Å². The van der Waals surface area contributed by atoms with Crippen LogP contribution in [-0.4, -0.2) is 46.1 Å². The Kier molecular flexibility index (Phi) is 4.04. The van der Waals surface area contributed by atoms with E-state index in [1.807, 2.05) is 0 Å². The lowest BCUT2D eigenvalue weighted by Crippen LogP contribution is -2.38. The molecule has 0 atom stereocenters. The Morgan fingerprint density at radius 1 is 1.32 bits per heavy atom. The van der Waals surface area contributed by atoms with Gasteiger partial charge in [-0.2, -0.15) is 0 Å². The van der Waals surface area contributed by atoms with E-state index >= 15 is 0 Å². The van der Waals surface area contributed by atoms with Gasteiger partial charge in [-0.25, -0.2) is 9.86 Å². The van der Waals surface area contributed by atoms with Crippen LogP contribution in [-0.2, 0) is 16.2 Å². The number of benzene rings is 1. The van der Waals surface area contributed by atoms with Crippen LogP contribution in [0.5, 0.6) is 0 Å². The number of imidazole rings is 1. The lowest BCUT2D eigenvalue weighted by molar-refractivity contribution is -0.167. The van der Waals surface area contributed by atoms with E-state index in [1.54, 1.807) is 22.8 Å². The van der Waals surface area contributed by atoms with Crippen molar-refractivity contribution in [3.63, 3.8) is 0 Å². The van der Waals surface area contributed by atoms with Gasteiger partial charge in [-0.15, -0.1) is 0 Å². The van der Waals surface area contributed by atoms with Crippen molar-refractivity contribution >= 4 is 22.8 Å². The van der Waals surface area contributed by atoms with Crippen molar-refractivity contribution in [3.05, 3.63) is 34.2 Å². The molecule has 0 unspecified atom stereocenters. The summed E-state index contributed by atoms with van der Waals surface area (Å²) in [6.45, 7) is 1.68. The summed E-state index contributed by atoms with van der Waals surface area (Å²) in [6, 6.07) is 5.09. The van der Waals surface area contributed by atoms with Crippen LogP contribution < -0.4 is 11.0 Å². The smallest absolute Gasteiger partial charge is 0.326 e. The van der Waals surface area contributed by atoms with Crippen molar-refractivity contribution in [1.82, 2.24) is 19.9 Å². The molecule has 0 bridgehead atoms. The van der Waals surface area contributed by atoms with Crippen LogP contribution >= 0.6 is 0 Å². The summed E-state index contributed by atoms with van der Waals surface area (Å²) in [6.07, 6.45) is 3.13. The third-order valence-corrected chi connectivity index (χ3v) is 4.60. The lowest BCUT2D eigenvalue weighted by atomic mass is 10.2. The van der Waals surface area contributed by atoms with Gasteiger partial charge in [0.2, 0.25) is 0 Å². The zero-order valence-electron chi connectivity index (χ0n) is 13.8. The highest BCUT2D eigenvalue weighted by atomic mass is 16.7. The van der Waals surface area contributed by atoms with Crippen LogP contribution in [0.3, 0.4) is 0 Å². The molecule has 1 aliphatic heterocycles. The number of hydrogen-bond donors (Lipinski definition) is 2. The highest BCUT2D eigenvalue weighted by Gasteiger charge is 2.24. The highest BCUT2D eigenvalue weighted by Crippen LogP contribution is 2.31. The van der Waals surface area contributed by atoms with Crippen molar-refractivity contribution in [3.8, 4) is 0 Å². The largest absolute Gasteiger partial charge is 0.343 e. The molecule has 0 radical (unpaired) electrons. The molecule has 25 heavy (non-hydrogen) atoms. The molecule has 2 fully saturated rings. The molecule has 1 aliphatic carbocycles. The number of aromatic nitrogens is 2. The molecular formula is C17H20N4O4. The first kappa shape index (κ1) is 15.9. The maximum Gasteiger partial charge on any atom is 0.326 e. The Morgan fingerprint density at radius 3 is 2.88 bits per heavy atom. The standard InChI is InChI=1S/C17H20N4O4/c22-15(21-6-1-7-25-21)9-18-16(23)12-4-5-14-13(8-12)19-17(24)20(14)10-11-2-3-11/h4-5,8,11H,1-3,6-7,9-10H2,(H,18,23)(H,19,24). The second-order valence-corrected chi connectivity index (χ2v) is 6.58. The third-order valence-electron chi connectivity index (χ3n) is 4.60. The summed E-state index contributed by atoms with van der Waals surface area (Å²) in [7, 11) is 0. The molecule has 0 spiro atoms. The van der Waals surface area contributed by atoms with E-state index in [1.165, 1.54) is 5.06 Å². The summed E-state index contributed by atoms with van der Waals surface area (Å²) in [5.74, 6) is -0.0420. The van der Waals surface area contributed by atoms with E-state index in [0.717, 1.165) is 24.8 Å². The minimum atomic E-state index is -0.356. The summed E-state index contributed by atoms with van der Waals surface area (Å²) >= 11 is 0. The van der Waals surface area contributed by atoms with E-state index < -0.39 is 0 Å². The average molecular weight is 344 g/mol. The molecule has 8 nitrogen and oxygen atoms in total. The quantitative estimate of drug-likeness (QED) is 0.832. The Morgan fingerprint density at radius 2 is 2.16 bits per heavy atom. The summed E-state index contributed by atoms with van der Waals surface area (Å²) in [5.41, 5.74) is 1.69. The first-order valence-corrected chi connectivity index (χ1v) is 8.56. The molecular weight excluding hydrogens is 324 g/mol. The number of hydrogen-bond acceptors (Lipinski definition) is 4. The van der Waals surface area contributed by atoms with Gasteiger partial charge in [-0.3, -0.25) is 19.0 Å². The number of rotatable bonds is 5. The van der Waals surface area contributed by atoms with Crippen molar-refractivity contribution < 1.29 is 14.4 Å². The minimum absolute atomic E-state index is 0.115. The SMILES string of the molecule is O=C(NCC(=O)N1CCCO1)c1ccc2c(c1)[nH]c(=O)n2CC1CC1. The van der Waals surface area contributed by atoms with E-state index in [-0.39, 0.29) is 24.0 Å². The number of fused-ring (bicyclic) bond motifs is 1. The van der Waals surface area contributed by atoms with E-state index in [4.69, 9.17) is 4.84 Å². The van der Waals surface area contributed by atoms with E-state index in [2.05, 4.69) is 10.3 Å². The van der Waals surface area contributed by atoms with Crippen molar-refractivity contribution in [2.24, 2.45) is 5.92 Å². The fourth-order valence-electron chi connectivity index (χ4n) is 3.04. The number of aromatic amines is 1. The fourth-order valence-corrected chi connectivity index (χ4v) is 3.04. The van der Waals surface area contributed by atoms with Crippen LogP contribution in [0.2, 0.25) is 0 Å². The molecule has 2 aromatic rings. The Labute approximate surface area is 143 Å². The number of hydroxylamine groups is 2. The Hall–Kier alpha value is -2.61. The summed E-state index contributed by atoms with van der Waals surface area (Å²) in [5, 5.41) is 3.87. The molecule has 1 aromatic heterocycles. The predicted octanol–water partition coefficient (Wildman–Crippen LogP) is 0.633. The topological polar surface area (TPSA) is 96.4 Å². The Balaban J connectivity index is 1.46. The van der Waals surface area contributed by atoms with Crippen molar-refractivity contribution in [2.75, 3.05) is 19.7 Å². The van der Waals surface area contributed by atoms with Crippen LogP contribution in [0.15, 0.2) is 23.0 Å². The first-order valence-electron chi connectivity index (χ1n) is 8.56. The molecule has 2 aliphatic rings. The second-order valence-electron chi connectivity index (χ2n) is 6.58. The minimum Gasteiger partial charge on any atom is -0.343 e. The van der Waals surface area contributed by atoms with Crippen LogP contribution in [0.4, 0.5) is 0 Å². The number of H-pyrrole nitrogens is 1. The zero-order chi connectivity index (χ0) is 17.4. The molecule has 2 amide bonds. The predicted molar refractivity (Wildman–Crippen MR) is 89.9 cm³/mol. The molecule has 4 rings (SSSR count). The highest BCUT2D eigenvalue weighted by molar-refractivity contribution is 5.99. The number of nitrogens with one attached hydrogen (secondary N) is 2. The van der Waals surface area contributed by atoms with Gasteiger partial charge in [0.25, 0.3) is 11.8 Å². The zero-order valence-corrected chi connectivity index (χ0v) is 13.8. The molecule has 2 N–H and O–H groups in total. The van der Waals surface area contributed by atoms with Crippen molar-refractivity contribution in [1.29, 1.82) is 0 Å². The van der Waals surface area contributed by atoms with Crippen molar-refractivity contribution in [2.45, 2.75) is 25.8 Å². The second kappa shape index (κ2) is 6.36. The van der Waals surface area contributed by atoms with Crippen LogP contribution in [0.25, 0.3) is 11.0 Å². The lowest BCUT2D eigenvalue weighted by Gasteiger charge is -2.14. The van der Waals surface area contributed by atoms with Gasteiger partial charge in [-0.1, -0.05) is 0 Å². The van der Waals surface area contributed by atoms with Crippen LogP contribution in [0.1, 0.15) is 29.6 Å². The molecule has 2 heterocycles. The molecule has 1 saturated carbocycles. The third kappa shape index (κ3) is 3.30. The van der Waals surface area contributed by atoms with Gasteiger partial charge in [0.1, 0.15) is 0 Å². The van der Waals surface area contributed by atoms with Gasteiger partial charge < -0.3 is 10.3 Å². The fraction of sp³-hybridized carbons (Fsp3) is 0.471. The number of carbonyl (C=O) groups excluding carboxylic acids is 2.